The van der Waals surface area contributed by atoms with Gasteiger partial charge in [0.25, 0.3) is 0 Å². The molecule has 0 bridgehead atoms. The zero-order valence-corrected chi connectivity index (χ0v) is 15.0. The van der Waals surface area contributed by atoms with Gasteiger partial charge < -0.3 is 5.32 Å². The average molecular weight is 361 g/mol. The number of fused-ring (bicyclic) bond motifs is 1. The standard InChI is InChI=1S/C17H20FN5OS/c1-11(2)16-20-21-17-23(16)22-15(25-17)8-7-14(24)19-10-9-12-3-5-13(18)6-4-12/h3-6,11H,7-10H2,1-2H3,(H,19,24). The van der Waals surface area contributed by atoms with Crippen LogP contribution in [-0.4, -0.2) is 32.3 Å². The second kappa shape index (κ2) is 7.69. The number of carbonyl (C=O) groups excluding carboxylic acids is 1. The highest BCUT2D eigenvalue weighted by atomic mass is 32.1. The van der Waals surface area contributed by atoms with Crippen LogP contribution in [0.2, 0.25) is 0 Å². The third-order valence-corrected chi connectivity index (χ3v) is 4.75. The molecule has 0 unspecified atom stereocenters. The Bertz CT molecular complexity index is 856. The molecular formula is C17H20FN5OS. The molecule has 0 radical (unpaired) electrons. The third kappa shape index (κ3) is 4.39. The minimum Gasteiger partial charge on any atom is -0.356 e. The normalized spacial score (nSPS) is 11.4. The van der Waals surface area contributed by atoms with Crippen LogP contribution in [0.4, 0.5) is 4.39 Å². The lowest BCUT2D eigenvalue weighted by molar-refractivity contribution is -0.121. The number of nitrogens with one attached hydrogen (secondary N) is 1. The second-order valence-corrected chi connectivity index (χ2v) is 7.17. The fraction of sp³-hybridized carbons (Fsp3) is 0.412. The van der Waals surface area contributed by atoms with E-state index in [1.165, 1.54) is 23.5 Å². The lowest BCUT2D eigenvalue weighted by atomic mass is 10.1. The van der Waals surface area contributed by atoms with E-state index in [-0.39, 0.29) is 17.6 Å². The van der Waals surface area contributed by atoms with E-state index in [9.17, 15) is 9.18 Å². The SMILES string of the molecule is CC(C)c1nnc2sc(CCC(=O)NCCc3ccc(F)cc3)nn12. The van der Waals surface area contributed by atoms with Crippen molar-refractivity contribution in [2.75, 3.05) is 6.54 Å². The molecule has 0 aliphatic rings. The number of amides is 1. The maximum atomic E-state index is 12.8. The number of carbonyl (C=O) groups is 1. The largest absolute Gasteiger partial charge is 0.356 e. The van der Waals surface area contributed by atoms with E-state index >= 15 is 0 Å². The summed E-state index contributed by atoms with van der Waals surface area (Å²) in [5.74, 6) is 0.816. The Morgan fingerprint density at radius 1 is 1.24 bits per heavy atom. The van der Waals surface area contributed by atoms with Gasteiger partial charge in [-0.2, -0.15) is 9.61 Å². The van der Waals surface area contributed by atoms with E-state index in [1.54, 1.807) is 16.6 Å². The van der Waals surface area contributed by atoms with Crippen LogP contribution in [0.1, 0.15) is 42.6 Å². The first kappa shape index (κ1) is 17.5. The highest BCUT2D eigenvalue weighted by Crippen LogP contribution is 2.19. The van der Waals surface area contributed by atoms with Crippen LogP contribution >= 0.6 is 11.3 Å². The minimum absolute atomic E-state index is 0.0165. The number of nitrogens with zero attached hydrogens (tertiary/aromatic N) is 4. The summed E-state index contributed by atoms with van der Waals surface area (Å²) < 4.78 is 14.6. The molecule has 2 heterocycles. The Morgan fingerprint density at radius 2 is 2.00 bits per heavy atom. The van der Waals surface area contributed by atoms with Crippen molar-refractivity contribution in [2.24, 2.45) is 0 Å². The van der Waals surface area contributed by atoms with Crippen LogP contribution in [0.25, 0.3) is 4.96 Å². The average Bonchev–Trinajstić information content (AvgIpc) is 3.14. The predicted octanol–water partition coefficient (Wildman–Crippen LogP) is 2.74. The minimum atomic E-state index is -0.251. The van der Waals surface area contributed by atoms with E-state index in [0.29, 0.717) is 25.8 Å². The molecule has 3 rings (SSSR count). The molecule has 1 amide bonds. The molecule has 6 nitrogen and oxygen atoms in total. The second-order valence-electron chi connectivity index (χ2n) is 6.13. The van der Waals surface area contributed by atoms with Gasteiger partial charge in [-0.15, -0.1) is 10.2 Å². The first-order valence-electron chi connectivity index (χ1n) is 8.25. The highest BCUT2D eigenvalue weighted by Gasteiger charge is 2.14. The zero-order valence-electron chi connectivity index (χ0n) is 14.2. The van der Waals surface area contributed by atoms with Crippen LogP contribution in [0.15, 0.2) is 24.3 Å². The number of rotatable bonds is 7. The molecule has 0 aliphatic heterocycles. The third-order valence-electron chi connectivity index (χ3n) is 3.79. The summed E-state index contributed by atoms with van der Waals surface area (Å²) in [6.45, 7) is 4.63. The highest BCUT2D eigenvalue weighted by molar-refractivity contribution is 7.16. The Kier molecular flexibility index (Phi) is 5.37. The van der Waals surface area contributed by atoms with E-state index < -0.39 is 0 Å². The maximum absolute atomic E-state index is 12.8. The summed E-state index contributed by atoms with van der Waals surface area (Å²) >= 11 is 1.46. The van der Waals surface area contributed by atoms with Crippen molar-refractivity contribution >= 4 is 22.2 Å². The van der Waals surface area contributed by atoms with Gasteiger partial charge in [0.2, 0.25) is 10.9 Å². The van der Waals surface area contributed by atoms with E-state index in [1.807, 2.05) is 13.8 Å². The maximum Gasteiger partial charge on any atom is 0.234 e. The summed E-state index contributed by atoms with van der Waals surface area (Å²) in [6, 6.07) is 6.31. The predicted molar refractivity (Wildman–Crippen MR) is 94.2 cm³/mol. The summed E-state index contributed by atoms with van der Waals surface area (Å²) in [5, 5.41) is 16.5. The van der Waals surface area contributed by atoms with Gasteiger partial charge in [0.15, 0.2) is 5.82 Å². The molecular weight excluding hydrogens is 341 g/mol. The van der Waals surface area contributed by atoms with Crippen molar-refractivity contribution < 1.29 is 9.18 Å². The Labute approximate surface area is 149 Å². The smallest absolute Gasteiger partial charge is 0.234 e. The van der Waals surface area contributed by atoms with Gasteiger partial charge in [-0.25, -0.2) is 4.39 Å². The van der Waals surface area contributed by atoms with Crippen LogP contribution < -0.4 is 5.32 Å². The van der Waals surface area contributed by atoms with Crippen molar-refractivity contribution in [3.63, 3.8) is 0 Å². The Balaban J connectivity index is 1.46. The lowest BCUT2D eigenvalue weighted by Gasteiger charge is -2.04. The van der Waals surface area contributed by atoms with E-state index in [4.69, 9.17) is 0 Å². The fourth-order valence-corrected chi connectivity index (χ4v) is 3.28. The van der Waals surface area contributed by atoms with Gasteiger partial charge in [-0.05, 0) is 24.1 Å². The number of halogens is 1. The zero-order chi connectivity index (χ0) is 17.8. The van der Waals surface area contributed by atoms with Gasteiger partial charge in [-0.3, -0.25) is 4.79 Å². The summed E-state index contributed by atoms with van der Waals surface area (Å²) in [5.41, 5.74) is 0.997. The molecule has 1 N–H and O–H groups in total. The van der Waals surface area contributed by atoms with Gasteiger partial charge >= 0.3 is 0 Å². The molecule has 0 fully saturated rings. The van der Waals surface area contributed by atoms with Crippen LogP contribution in [0.3, 0.4) is 0 Å². The number of hydrogen-bond donors (Lipinski definition) is 1. The Hall–Kier alpha value is -2.35. The van der Waals surface area contributed by atoms with Crippen molar-refractivity contribution in [2.45, 2.75) is 39.0 Å². The van der Waals surface area contributed by atoms with Gasteiger partial charge in [0, 0.05) is 25.3 Å². The number of aromatic nitrogens is 4. The molecule has 25 heavy (non-hydrogen) atoms. The van der Waals surface area contributed by atoms with Gasteiger partial charge in [0.05, 0.1) is 0 Å². The molecule has 2 aromatic heterocycles. The summed E-state index contributed by atoms with van der Waals surface area (Å²) in [7, 11) is 0. The molecule has 0 saturated carbocycles. The number of benzene rings is 1. The van der Waals surface area contributed by atoms with Crippen LogP contribution in [0, 0.1) is 5.82 Å². The molecule has 0 spiro atoms. The van der Waals surface area contributed by atoms with Crippen molar-refractivity contribution in [3.8, 4) is 0 Å². The summed E-state index contributed by atoms with van der Waals surface area (Å²) in [6.07, 6.45) is 1.64. The van der Waals surface area contributed by atoms with Crippen LogP contribution in [0.5, 0.6) is 0 Å². The lowest BCUT2D eigenvalue weighted by Crippen LogP contribution is -2.25. The van der Waals surface area contributed by atoms with Crippen molar-refractivity contribution in [3.05, 3.63) is 46.5 Å². The first-order valence-corrected chi connectivity index (χ1v) is 9.06. The van der Waals surface area contributed by atoms with Crippen molar-refractivity contribution in [1.29, 1.82) is 0 Å². The molecule has 0 atom stereocenters. The molecule has 3 aromatic rings. The fourth-order valence-electron chi connectivity index (χ4n) is 2.44. The van der Waals surface area contributed by atoms with Crippen LogP contribution in [-0.2, 0) is 17.6 Å². The van der Waals surface area contributed by atoms with Gasteiger partial charge in [-0.1, -0.05) is 37.3 Å². The molecule has 0 aliphatic carbocycles. The van der Waals surface area contributed by atoms with E-state index in [2.05, 4.69) is 20.6 Å². The Morgan fingerprint density at radius 3 is 2.72 bits per heavy atom. The molecule has 0 saturated heterocycles. The molecule has 1 aromatic carbocycles. The molecule has 132 valence electrons. The monoisotopic (exact) mass is 361 g/mol. The summed E-state index contributed by atoms with van der Waals surface area (Å²) in [4.78, 5) is 12.7. The van der Waals surface area contributed by atoms with Crippen molar-refractivity contribution in [1.82, 2.24) is 25.1 Å². The first-order chi connectivity index (χ1) is 12.0. The molecule has 8 heteroatoms. The number of aryl methyl sites for hydroxylation is 1. The van der Waals surface area contributed by atoms with Gasteiger partial charge in [0.1, 0.15) is 10.8 Å². The quantitative estimate of drug-likeness (QED) is 0.702. The number of hydrogen-bond acceptors (Lipinski definition) is 5. The topological polar surface area (TPSA) is 72.2 Å². The van der Waals surface area contributed by atoms with E-state index in [0.717, 1.165) is 21.4 Å².